The summed E-state index contributed by atoms with van der Waals surface area (Å²) in [5, 5.41) is 5.62. The number of thioether (sulfide) groups is 1. The van der Waals surface area contributed by atoms with Crippen LogP contribution in [0.5, 0.6) is 0 Å². The largest absolute Gasteiger partial charge is 0.310 e. The number of amides is 2. The van der Waals surface area contributed by atoms with Crippen LogP contribution in [-0.4, -0.2) is 17.2 Å². The summed E-state index contributed by atoms with van der Waals surface area (Å²) in [6, 6.07) is 8.79. The summed E-state index contributed by atoms with van der Waals surface area (Å²) in [5.74, 6) is -0.306. The van der Waals surface area contributed by atoms with Crippen LogP contribution in [0.25, 0.3) is 6.08 Å². The zero-order valence-corrected chi connectivity index (χ0v) is 14.0. The molecule has 0 spiro atoms. The third kappa shape index (κ3) is 4.69. The Balaban J connectivity index is 1.55. The van der Waals surface area contributed by atoms with Crippen LogP contribution < -0.4 is 10.6 Å². The van der Waals surface area contributed by atoms with Gasteiger partial charge in [-0.2, -0.15) is 0 Å². The molecule has 2 amide bonds. The van der Waals surface area contributed by atoms with Gasteiger partial charge in [0.2, 0.25) is 0 Å². The second-order valence-corrected chi connectivity index (χ2v) is 7.18. The number of benzene rings is 1. The van der Waals surface area contributed by atoms with Crippen LogP contribution >= 0.6 is 11.8 Å². The van der Waals surface area contributed by atoms with Crippen LogP contribution in [0.2, 0.25) is 0 Å². The molecule has 3 rings (SSSR count). The van der Waals surface area contributed by atoms with Crippen molar-refractivity contribution in [3.05, 3.63) is 40.3 Å². The van der Waals surface area contributed by atoms with E-state index in [1.54, 1.807) is 6.08 Å². The monoisotopic (exact) mass is 330 g/mol. The second kappa shape index (κ2) is 7.79. The summed E-state index contributed by atoms with van der Waals surface area (Å²) in [6.45, 7) is 0.884. The predicted octanol–water partition coefficient (Wildman–Crippen LogP) is 3.82. The van der Waals surface area contributed by atoms with E-state index in [0.717, 1.165) is 23.9 Å². The van der Waals surface area contributed by atoms with Gasteiger partial charge in [0.05, 0.1) is 4.91 Å². The summed E-state index contributed by atoms with van der Waals surface area (Å²) in [5.41, 5.74) is 2.19. The lowest BCUT2D eigenvalue weighted by atomic mass is 10.1. The van der Waals surface area contributed by atoms with Crippen LogP contribution in [-0.2, 0) is 11.3 Å². The number of carbonyl (C=O) groups is 2. The minimum absolute atomic E-state index is 0.300. The Bertz CT molecular complexity index is 602. The topological polar surface area (TPSA) is 58.2 Å². The molecule has 0 unspecified atom stereocenters. The first kappa shape index (κ1) is 16.3. The fraction of sp³-hybridized carbons (Fsp3) is 0.444. The fourth-order valence-corrected chi connectivity index (χ4v) is 3.73. The van der Waals surface area contributed by atoms with E-state index in [9.17, 15) is 9.59 Å². The van der Waals surface area contributed by atoms with Gasteiger partial charge in [-0.25, -0.2) is 0 Å². The summed E-state index contributed by atoms with van der Waals surface area (Å²) >= 11 is 0.953. The van der Waals surface area contributed by atoms with Gasteiger partial charge >= 0.3 is 0 Å². The molecule has 2 aliphatic rings. The molecule has 122 valence electrons. The number of hydrogen-bond acceptors (Lipinski definition) is 4. The minimum atomic E-state index is -0.306. The normalized spacial score (nSPS) is 21.5. The SMILES string of the molecule is O=C1NC(=O)C(=Cc2ccc(CNC3CCCCCC3)cc2)S1. The fourth-order valence-electron chi connectivity index (χ4n) is 3.05. The van der Waals surface area contributed by atoms with E-state index in [4.69, 9.17) is 0 Å². The van der Waals surface area contributed by atoms with Gasteiger partial charge in [-0.05, 0) is 41.8 Å². The minimum Gasteiger partial charge on any atom is -0.310 e. The summed E-state index contributed by atoms with van der Waals surface area (Å²) in [7, 11) is 0. The molecule has 1 aliphatic heterocycles. The zero-order chi connectivity index (χ0) is 16.1. The molecular weight excluding hydrogens is 308 g/mol. The van der Waals surface area contributed by atoms with Crippen molar-refractivity contribution in [3.8, 4) is 0 Å². The maximum atomic E-state index is 11.5. The van der Waals surface area contributed by atoms with Crippen molar-refractivity contribution in [3.63, 3.8) is 0 Å². The van der Waals surface area contributed by atoms with Crippen molar-refractivity contribution in [2.45, 2.75) is 51.1 Å². The molecule has 0 atom stereocenters. The summed E-state index contributed by atoms with van der Waals surface area (Å²) < 4.78 is 0. The first-order valence-electron chi connectivity index (χ1n) is 8.28. The van der Waals surface area contributed by atoms with Crippen molar-refractivity contribution in [2.75, 3.05) is 0 Å². The quantitative estimate of drug-likeness (QED) is 0.651. The maximum absolute atomic E-state index is 11.5. The van der Waals surface area contributed by atoms with E-state index in [-0.39, 0.29) is 11.1 Å². The molecule has 0 aromatic heterocycles. The highest BCUT2D eigenvalue weighted by molar-refractivity contribution is 8.18. The van der Waals surface area contributed by atoms with Gasteiger partial charge < -0.3 is 5.32 Å². The van der Waals surface area contributed by atoms with Gasteiger partial charge in [-0.1, -0.05) is 49.9 Å². The molecule has 1 aliphatic carbocycles. The smallest absolute Gasteiger partial charge is 0.290 e. The molecule has 2 N–H and O–H groups in total. The van der Waals surface area contributed by atoms with Gasteiger partial charge in [-0.15, -0.1) is 0 Å². The van der Waals surface area contributed by atoms with Crippen LogP contribution in [0, 0.1) is 0 Å². The van der Waals surface area contributed by atoms with Gasteiger partial charge in [0.25, 0.3) is 11.1 Å². The molecule has 23 heavy (non-hydrogen) atoms. The van der Waals surface area contributed by atoms with Crippen LogP contribution in [0.3, 0.4) is 0 Å². The molecule has 2 fully saturated rings. The third-order valence-electron chi connectivity index (χ3n) is 4.37. The van der Waals surface area contributed by atoms with Crippen LogP contribution in [0.4, 0.5) is 4.79 Å². The number of hydrogen-bond donors (Lipinski definition) is 2. The van der Waals surface area contributed by atoms with Gasteiger partial charge in [0.15, 0.2) is 0 Å². The Hall–Kier alpha value is -1.59. The molecule has 4 nitrogen and oxygen atoms in total. The van der Waals surface area contributed by atoms with Gasteiger partial charge in [-0.3, -0.25) is 14.9 Å². The second-order valence-electron chi connectivity index (χ2n) is 6.16. The molecule has 1 aromatic rings. The number of rotatable bonds is 4. The highest BCUT2D eigenvalue weighted by atomic mass is 32.2. The van der Waals surface area contributed by atoms with Crippen LogP contribution in [0.1, 0.15) is 49.7 Å². The van der Waals surface area contributed by atoms with Gasteiger partial charge in [0, 0.05) is 12.6 Å². The maximum Gasteiger partial charge on any atom is 0.290 e. The van der Waals surface area contributed by atoms with E-state index in [0.29, 0.717) is 10.9 Å². The van der Waals surface area contributed by atoms with Crippen molar-refractivity contribution in [1.29, 1.82) is 0 Å². The first-order valence-corrected chi connectivity index (χ1v) is 9.09. The highest BCUT2D eigenvalue weighted by Gasteiger charge is 2.24. The van der Waals surface area contributed by atoms with E-state index in [2.05, 4.69) is 22.8 Å². The molecule has 0 bridgehead atoms. The lowest BCUT2D eigenvalue weighted by molar-refractivity contribution is -0.115. The Kier molecular flexibility index (Phi) is 5.51. The number of carbonyl (C=O) groups excluding carboxylic acids is 2. The number of nitrogens with one attached hydrogen (secondary N) is 2. The number of imide groups is 1. The molecule has 1 aromatic carbocycles. The van der Waals surface area contributed by atoms with E-state index < -0.39 is 0 Å². The average molecular weight is 330 g/mol. The van der Waals surface area contributed by atoms with Crippen molar-refractivity contribution in [1.82, 2.24) is 10.6 Å². The van der Waals surface area contributed by atoms with Gasteiger partial charge in [0.1, 0.15) is 0 Å². The van der Waals surface area contributed by atoms with Crippen molar-refractivity contribution >= 4 is 29.0 Å². The molecule has 5 heteroatoms. The molecular formula is C18H22N2O2S. The first-order chi connectivity index (χ1) is 11.2. The average Bonchev–Trinajstić information content (AvgIpc) is 2.75. The highest BCUT2D eigenvalue weighted by Crippen LogP contribution is 2.25. The summed E-state index contributed by atoms with van der Waals surface area (Å²) in [4.78, 5) is 23.1. The third-order valence-corrected chi connectivity index (χ3v) is 5.18. The standard InChI is InChI=1S/C18H22N2O2S/c21-17-16(23-18(22)20-17)11-13-7-9-14(10-8-13)12-19-15-5-3-1-2-4-6-15/h7-11,15,19H,1-6,12H2,(H,20,21,22). The summed E-state index contributed by atoms with van der Waals surface area (Å²) in [6.07, 6.45) is 9.74. The van der Waals surface area contributed by atoms with Crippen molar-refractivity contribution in [2.24, 2.45) is 0 Å². The Morgan fingerprint density at radius 1 is 1.09 bits per heavy atom. The van der Waals surface area contributed by atoms with E-state index in [1.807, 2.05) is 12.1 Å². The lowest BCUT2D eigenvalue weighted by Gasteiger charge is -2.16. The molecule has 1 saturated heterocycles. The Morgan fingerprint density at radius 3 is 2.39 bits per heavy atom. The van der Waals surface area contributed by atoms with Crippen LogP contribution in [0.15, 0.2) is 29.2 Å². The Labute approximate surface area is 141 Å². The molecule has 0 radical (unpaired) electrons. The van der Waals surface area contributed by atoms with Crippen molar-refractivity contribution < 1.29 is 9.59 Å². The molecule has 1 saturated carbocycles. The van der Waals surface area contributed by atoms with E-state index in [1.165, 1.54) is 44.1 Å². The lowest BCUT2D eigenvalue weighted by Crippen LogP contribution is -2.27. The van der Waals surface area contributed by atoms with E-state index >= 15 is 0 Å². The zero-order valence-electron chi connectivity index (χ0n) is 13.1. The molecule has 1 heterocycles. The Morgan fingerprint density at radius 2 is 1.78 bits per heavy atom. The predicted molar refractivity (Wildman–Crippen MR) is 93.9 cm³/mol.